The van der Waals surface area contributed by atoms with Gasteiger partial charge < -0.3 is 5.32 Å². The van der Waals surface area contributed by atoms with E-state index in [-0.39, 0.29) is 11.9 Å². The van der Waals surface area contributed by atoms with Gasteiger partial charge >= 0.3 is 0 Å². The number of nitrogens with zero attached hydrogens (tertiary/aromatic N) is 2. The first-order chi connectivity index (χ1) is 9.60. The van der Waals surface area contributed by atoms with Crippen molar-refractivity contribution in [3.05, 3.63) is 52.1 Å². The molecule has 3 nitrogen and oxygen atoms in total. The average Bonchev–Trinajstić information content (AvgIpc) is 2.85. The molecule has 1 atom stereocenters. The van der Waals surface area contributed by atoms with Crippen LogP contribution in [-0.4, -0.2) is 16.8 Å². The monoisotopic (exact) mass is 295 g/mol. The van der Waals surface area contributed by atoms with Crippen molar-refractivity contribution in [3.8, 4) is 0 Å². The second-order valence-corrected chi connectivity index (χ2v) is 5.05. The van der Waals surface area contributed by atoms with Gasteiger partial charge in [0.05, 0.1) is 17.4 Å². The normalized spacial score (nSPS) is 12.7. The van der Waals surface area contributed by atoms with Gasteiger partial charge in [0.25, 0.3) is 0 Å². The standard InChI is InChI=1S/C15H19ClFN3/c1-4-11-9-14(20(5-2)19-11)15(18-3)12-7-6-10(16)8-13(12)17/h6-9,15,18H,4-5H2,1-3H3. The third-order valence-electron chi connectivity index (χ3n) is 3.38. The predicted octanol–water partition coefficient (Wildman–Crippen LogP) is 3.57. The fourth-order valence-electron chi connectivity index (χ4n) is 2.34. The summed E-state index contributed by atoms with van der Waals surface area (Å²) >= 11 is 5.82. The molecule has 0 bridgehead atoms. The Balaban J connectivity index is 2.48. The number of nitrogens with one attached hydrogen (secondary N) is 1. The molecule has 0 amide bonds. The molecule has 5 heteroatoms. The Morgan fingerprint density at radius 3 is 2.65 bits per heavy atom. The van der Waals surface area contributed by atoms with Crippen LogP contribution in [0.4, 0.5) is 4.39 Å². The summed E-state index contributed by atoms with van der Waals surface area (Å²) in [5.41, 5.74) is 2.55. The van der Waals surface area contributed by atoms with E-state index in [0.717, 1.165) is 24.4 Å². The van der Waals surface area contributed by atoms with Gasteiger partial charge in [-0.3, -0.25) is 4.68 Å². The van der Waals surface area contributed by atoms with E-state index in [9.17, 15) is 4.39 Å². The molecule has 108 valence electrons. The topological polar surface area (TPSA) is 29.9 Å². The van der Waals surface area contributed by atoms with Crippen LogP contribution in [0.15, 0.2) is 24.3 Å². The minimum absolute atomic E-state index is 0.236. The fourth-order valence-corrected chi connectivity index (χ4v) is 2.50. The van der Waals surface area contributed by atoms with Crippen molar-refractivity contribution in [2.75, 3.05) is 7.05 Å². The van der Waals surface area contributed by atoms with Crippen molar-refractivity contribution < 1.29 is 4.39 Å². The third kappa shape index (κ3) is 2.86. The van der Waals surface area contributed by atoms with Crippen molar-refractivity contribution in [2.45, 2.75) is 32.9 Å². The van der Waals surface area contributed by atoms with Gasteiger partial charge in [-0.15, -0.1) is 0 Å². The molecular weight excluding hydrogens is 277 g/mol. The molecule has 0 saturated heterocycles. The Morgan fingerprint density at radius 2 is 2.10 bits per heavy atom. The number of benzene rings is 1. The van der Waals surface area contributed by atoms with Gasteiger partial charge in [0.1, 0.15) is 5.82 Å². The van der Waals surface area contributed by atoms with Gasteiger partial charge in [0.2, 0.25) is 0 Å². The molecule has 0 saturated carbocycles. The molecule has 2 aromatic rings. The van der Waals surface area contributed by atoms with Crippen molar-refractivity contribution >= 4 is 11.6 Å². The van der Waals surface area contributed by atoms with Crippen molar-refractivity contribution in [1.29, 1.82) is 0 Å². The maximum Gasteiger partial charge on any atom is 0.129 e. The number of hydrogen-bond acceptors (Lipinski definition) is 2. The van der Waals surface area contributed by atoms with Crippen LogP contribution >= 0.6 is 11.6 Å². The summed E-state index contributed by atoms with van der Waals surface area (Å²) in [7, 11) is 1.82. The van der Waals surface area contributed by atoms with Gasteiger partial charge in [0.15, 0.2) is 0 Å². The molecule has 1 aromatic heterocycles. The lowest BCUT2D eigenvalue weighted by molar-refractivity contribution is 0.531. The quantitative estimate of drug-likeness (QED) is 0.914. The van der Waals surface area contributed by atoms with Crippen molar-refractivity contribution in [2.24, 2.45) is 0 Å². The van der Waals surface area contributed by atoms with Gasteiger partial charge in [-0.25, -0.2) is 4.39 Å². The summed E-state index contributed by atoms with van der Waals surface area (Å²) in [5, 5.41) is 8.08. The zero-order valence-corrected chi connectivity index (χ0v) is 12.7. The lowest BCUT2D eigenvalue weighted by Crippen LogP contribution is -2.22. The molecule has 0 radical (unpaired) electrons. The first-order valence-electron chi connectivity index (χ1n) is 6.79. The molecule has 2 rings (SSSR count). The minimum atomic E-state index is -0.307. The number of rotatable bonds is 5. The maximum absolute atomic E-state index is 14.1. The second-order valence-electron chi connectivity index (χ2n) is 4.62. The fraction of sp³-hybridized carbons (Fsp3) is 0.400. The first-order valence-corrected chi connectivity index (χ1v) is 7.17. The highest BCUT2D eigenvalue weighted by Gasteiger charge is 2.21. The number of aryl methyl sites for hydroxylation is 2. The summed E-state index contributed by atoms with van der Waals surface area (Å²) in [6.45, 7) is 4.84. The molecular formula is C15H19ClFN3. The molecule has 1 heterocycles. The Labute approximate surface area is 123 Å². The number of aromatic nitrogens is 2. The van der Waals surface area contributed by atoms with Gasteiger partial charge in [-0.05, 0) is 38.6 Å². The van der Waals surface area contributed by atoms with Crippen LogP contribution in [0.25, 0.3) is 0 Å². The van der Waals surface area contributed by atoms with Crippen LogP contribution < -0.4 is 5.32 Å². The third-order valence-corrected chi connectivity index (χ3v) is 3.62. The highest BCUT2D eigenvalue weighted by atomic mass is 35.5. The van der Waals surface area contributed by atoms with Crippen LogP contribution in [0.2, 0.25) is 5.02 Å². The van der Waals surface area contributed by atoms with Gasteiger partial charge in [-0.2, -0.15) is 5.10 Å². The summed E-state index contributed by atoms with van der Waals surface area (Å²) in [6, 6.07) is 6.56. The lowest BCUT2D eigenvalue weighted by Gasteiger charge is -2.18. The summed E-state index contributed by atoms with van der Waals surface area (Å²) in [4.78, 5) is 0. The van der Waals surface area contributed by atoms with Gasteiger partial charge in [-0.1, -0.05) is 24.6 Å². The lowest BCUT2D eigenvalue weighted by atomic mass is 10.0. The summed E-state index contributed by atoms with van der Waals surface area (Å²) in [6.07, 6.45) is 0.861. The Kier molecular flexibility index (Phi) is 4.78. The second kappa shape index (κ2) is 6.37. The molecule has 1 aromatic carbocycles. The highest BCUT2D eigenvalue weighted by molar-refractivity contribution is 6.30. The number of halogens is 2. The Bertz CT molecular complexity index is 595. The highest BCUT2D eigenvalue weighted by Crippen LogP contribution is 2.27. The Morgan fingerprint density at radius 1 is 1.35 bits per heavy atom. The van der Waals surface area contributed by atoms with Crippen molar-refractivity contribution in [1.82, 2.24) is 15.1 Å². The molecule has 0 aliphatic rings. The van der Waals surface area contributed by atoms with Crippen LogP contribution in [-0.2, 0) is 13.0 Å². The van der Waals surface area contributed by atoms with Crippen LogP contribution in [0.1, 0.15) is 36.8 Å². The molecule has 0 spiro atoms. The van der Waals surface area contributed by atoms with Crippen LogP contribution in [0.3, 0.4) is 0 Å². The van der Waals surface area contributed by atoms with E-state index in [0.29, 0.717) is 10.6 Å². The zero-order valence-electron chi connectivity index (χ0n) is 12.0. The molecule has 1 unspecified atom stereocenters. The van der Waals surface area contributed by atoms with E-state index >= 15 is 0 Å². The molecule has 20 heavy (non-hydrogen) atoms. The SMILES string of the molecule is CCc1cc(C(NC)c2ccc(Cl)cc2F)n(CC)n1. The number of hydrogen-bond donors (Lipinski definition) is 1. The summed E-state index contributed by atoms with van der Waals surface area (Å²) < 4.78 is 16.1. The van der Waals surface area contributed by atoms with E-state index in [2.05, 4.69) is 17.3 Å². The average molecular weight is 296 g/mol. The molecule has 0 aliphatic heterocycles. The van der Waals surface area contributed by atoms with E-state index < -0.39 is 0 Å². The predicted molar refractivity (Wildman–Crippen MR) is 79.6 cm³/mol. The van der Waals surface area contributed by atoms with E-state index in [1.54, 1.807) is 12.1 Å². The van der Waals surface area contributed by atoms with Gasteiger partial charge in [0, 0.05) is 17.1 Å². The smallest absolute Gasteiger partial charge is 0.129 e. The maximum atomic E-state index is 14.1. The minimum Gasteiger partial charge on any atom is -0.308 e. The Hall–Kier alpha value is -1.39. The van der Waals surface area contributed by atoms with E-state index in [4.69, 9.17) is 11.6 Å². The van der Waals surface area contributed by atoms with Crippen LogP contribution in [0, 0.1) is 5.82 Å². The van der Waals surface area contributed by atoms with E-state index in [1.165, 1.54) is 6.07 Å². The zero-order chi connectivity index (χ0) is 14.7. The van der Waals surface area contributed by atoms with E-state index in [1.807, 2.05) is 24.7 Å². The van der Waals surface area contributed by atoms with Crippen LogP contribution in [0.5, 0.6) is 0 Å². The first kappa shape index (κ1) is 15.0. The van der Waals surface area contributed by atoms with Crippen molar-refractivity contribution in [3.63, 3.8) is 0 Å². The molecule has 1 N–H and O–H groups in total. The largest absolute Gasteiger partial charge is 0.308 e. The molecule has 0 aliphatic carbocycles. The molecule has 0 fully saturated rings. The summed E-state index contributed by atoms with van der Waals surface area (Å²) in [5.74, 6) is -0.307.